The summed E-state index contributed by atoms with van der Waals surface area (Å²) in [6.07, 6.45) is 3.08. The van der Waals surface area contributed by atoms with E-state index in [1.165, 1.54) is 0 Å². The molecule has 1 saturated heterocycles. The Hall–Kier alpha value is -2.36. The van der Waals surface area contributed by atoms with E-state index in [1.54, 1.807) is 17.0 Å². The lowest BCUT2D eigenvalue weighted by Crippen LogP contribution is -2.50. The van der Waals surface area contributed by atoms with E-state index in [-0.39, 0.29) is 5.91 Å². The number of aromatic nitrogens is 2. The Kier molecular flexibility index (Phi) is 5.92. The van der Waals surface area contributed by atoms with Crippen LogP contribution in [0.2, 0.25) is 5.15 Å². The summed E-state index contributed by atoms with van der Waals surface area (Å²) in [7, 11) is 0. The van der Waals surface area contributed by atoms with Gasteiger partial charge in [0.1, 0.15) is 5.82 Å². The molecule has 1 aromatic carbocycles. The van der Waals surface area contributed by atoms with E-state index >= 15 is 0 Å². The third-order valence-electron chi connectivity index (χ3n) is 4.53. The maximum atomic E-state index is 12.5. The highest BCUT2D eigenvalue weighted by atomic mass is 35.5. The van der Waals surface area contributed by atoms with Gasteiger partial charge in [0.2, 0.25) is 5.91 Å². The third-order valence-corrected chi connectivity index (χ3v) is 4.85. The highest BCUT2D eigenvalue weighted by Gasteiger charge is 2.26. The van der Waals surface area contributed by atoms with Crippen LogP contribution in [0.4, 0.5) is 5.69 Å². The molecule has 1 aromatic heterocycles. The van der Waals surface area contributed by atoms with Crippen molar-refractivity contribution in [2.24, 2.45) is 0 Å². The van der Waals surface area contributed by atoms with Crippen LogP contribution >= 0.6 is 11.6 Å². The van der Waals surface area contributed by atoms with Crippen molar-refractivity contribution in [3.05, 3.63) is 46.5 Å². The van der Waals surface area contributed by atoms with Crippen molar-refractivity contribution in [2.45, 2.75) is 32.7 Å². The number of aromatic amines is 1. The number of halogens is 1. The lowest BCUT2D eigenvalue weighted by Gasteiger charge is -2.34. The molecule has 2 heterocycles. The maximum Gasteiger partial charge on any atom is 0.241 e. The van der Waals surface area contributed by atoms with Crippen LogP contribution < -0.4 is 4.90 Å². The molecule has 1 aliphatic heterocycles. The molecule has 1 amide bonds. The van der Waals surface area contributed by atoms with Crippen LogP contribution in [-0.4, -0.2) is 40.4 Å². The van der Waals surface area contributed by atoms with E-state index < -0.39 is 0 Å². The highest BCUT2D eigenvalue weighted by Crippen LogP contribution is 2.21. The zero-order chi connectivity index (χ0) is 18.5. The number of anilines is 1. The van der Waals surface area contributed by atoms with Crippen molar-refractivity contribution < 1.29 is 4.79 Å². The molecule has 1 fully saturated rings. The summed E-state index contributed by atoms with van der Waals surface area (Å²) >= 11 is 6.24. The van der Waals surface area contributed by atoms with Gasteiger partial charge in [-0.15, -0.1) is 0 Å². The first-order valence-corrected chi connectivity index (χ1v) is 9.24. The minimum atomic E-state index is 0.0443. The highest BCUT2D eigenvalue weighted by molar-refractivity contribution is 6.30. The van der Waals surface area contributed by atoms with E-state index in [0.717, 1.165) is 43.0 Å². The number of aryl methyl sites for hydroxylation is 1. The average Bonchev–Trinajstić information content (AvgIpc) is 3.00. The number of hydrogen-bond acceptors (Lipinski definition) is 4. The molecule has 136 valence electrons. The van der Waals surface area contributed by atoms with Gasteiger partial charge in [0, 0.05) is 31.7 Å². The number of benzene rings is 1. The van der Waals surface area contributed by atoms with Crippen molar-refractivity contribution in [3.8, 4) is 6.07 Å². The molecule has 0 aliphatic carbocycles. The second-order valence-corrected chi connectivity index (χ2v) is 6.83. The number of piperazine rings is 1. The summed E-state index contributed by atoms with van der Waals surface area (Å²) in [5, 5.41) is 9.38. The van der Waals surface area contributed by atoms with Gasteiger partial charge in [0.05, 0.1) is 23.9 Å². The summed E-state index contributed by atoms with van der Waals surface area (Å²) in [5.74, 6) is 0.956. The van der Waals surface area contributed by atoms with Crippen LogP contribution in [0.1, 0.15) is 36.8 Å². The number of imidazole rings is 1. The second kappa shape index (κ2) is 8.35. The van der Waals surface area contributed by atoms with Gasteiger partial charge in [-0.25, -0.2) is 4.98 Å². The van der Waals surface area contributed by atoms with Crippen LogP contribution in [0.25, 0.3) is 0 Å². The number of amides is 1. The van der Waals surface area contributed by atoms with E-state index in [9.17, 15) is 4.79 Å². The molecule has 0 unspecified atom stereocenters. The van der Waals surface area contributed by atoms with E-state index in [2.05, 4.69) is 27.9 Å². The molecule has 1 aliphatic rings. The number of hydrogen-bond donors (Lipinski definition) is 1. The summed E-state index contributed by atoms with van der Waals surface area (Å²) in [5.41, 5.74) is 2.29. The third kappa shape index (κ3) is 4.24. The average molecular weight is 372 g/mol. The minimum absolute atomic E-state index is 0.0443. The number of nitrogens with zero attached hydrogens (tertiary/aromatic N) is 4. The molecular weight excluding hydrogens is 350 g/mol. The topological polar surface area (TPSA) is 76.0 Å². The Bertz CT molecular complexity index is 808. The number of carbonyl (C=O) groups is 1. The quantitative estimate of drug-likeness (QED) is 0.846. The summed E-state index contributed by atoms with van der Waals surface area (Å²) in [6, 6.07) is 9.19. The van der Waals surface area contributed by atoms with Gasteiger partial charge in [-0.2, -0.15) is 5.26 Å². The Morgan fingerprint density at radius 1 is 1.31 bits per heavy atom. The van der Waals surface area contributed by atoms with Crippen molar-refractivity contribution in [2.75, 3.05) is 24.5 Å². The van der Waals surface area contributed by atoms with E-state index in [0.29, 0.717) is 30.4 Å². The molecule has 7 heteroatoms. The molecule has 26 heavy (non-hydrogen) atoms. The lowest BCUT2D eigenvalue weighted by molar-refractivity contribution is -0.121. The predicted octanol–water partition coefficient (Wildman–Crippen LogP) is 3.13. The molecule has 1 N–H and O–H groups in total. The normalized spacial score (nSPS) is 15.3. The summed E-state index contributed by atoms with van der Waals surface area (Å²) in [6.45, 7) is 4.43. The number of nitrogens with one attached hydrogen (secondary N) is 1. The fourth-order valence-electron chi connectivity index (χ4n) is 3.08. The van der Waals surface area contributed by atoms with Gasteiger partial charge in [-0.3, -0.25) is 9.69 Å². The molecule has 3 rings (SSSR count). The van der Waals surface area contributed by atoms with Gasteiger partial charge in [0.15, 0.2) is 5.15 Å². The largest absolute Gasteiger partial charge is 0.344 e. The fourth-order valence-corrected chi connectivity index (χ4v) is 3.29. The van der Waals surface area contributed by atoms with Gasteiger partial charge in [0.25, 0.3) is 0 Å². The fraction of sp³-hybridized carbons (Fsp3) is 0.421. The first kappa shape index (κ1) is 18.4. The van der Waals surface area contributed by atoms with E-state index in [1.807, 2.05) is 12.1 Å². The van der Waals surface area contributed by atoms with Crippen LogP contribution in [0.15, 0.2) is 24.3 Å². The first-order chi connectivity index (χ1) is 12.6. The zero-order valence-electron chi connectivity index (χ0n) is 14.8. The smallest absolute Gasteiger partial charge is 0.241 e. The summed E-state index contributed by atoms with van der Waals surface area (Å²) < 4.78 is 0. The molecule has 0 atom stereocenters. The van der Waals surface area contributed by atoms with E-state index in [4.69, 9.17) is 16.9 Å². The van der Waals surface area contributed by atoms with Crippen LogP contribution in [0, 0.1) is 11.3 Å². The molecular formula is C19H22ClN5O. The van der Waals surface area contributed by atoms with Gasteiger partial charge in [-0.1, -0.05) is 24.9 Å². The second-order valence-electron chi connectivity index (χ2n) is 6.47. The maximum absolute atomic E-state index is 12.5. The van der Waals surface area contributed by atoms with Crippen molar-refractivity contribution in [1.29, 1.82) is 5.26 Å². The molecule has 0 saturated carbocycles. The number of rotatable bonds is 6. The standard InChI is InChI=1S/C19H22ClN5O/c1-2-3-4-17-22-16(19(20)23-17)12-24-9-10-25(18(26)13-24)15-7-5-14(11-21)6-8-15/h5-8H,2-4,9-10,12-13H2,1H3,(H,22,23). The SMILES string of the molecule is CCCCc1nc(Cl)c(CN2CCN(c3ccc(C#N)cc3)C(=O)C2)[nH]1. The number of nitriles is 1. The molecule has 6 nitrogen and oxygen atoms in total. The van der Waals surface area contributed by atoms with Crippen molar-refractivity contribution in [1.82, 2.24) is 14.9 Å². The zero-order valence-corrected chi connectivity index (χ0v) is 15.6. The first-order valence-electron chi connectivity index (χ1n) is 8.87. The predicted molar refractivity (Wildman–Crippen MR) is 101 cm³/mol. The molecule has 0 bridgehead atoms. The van der Waals surface area contributed by atoms with Crippen molar-refractivity contribution >= 4 is 23.2 Å². The van der Waals surface area contributed by atoms with Gasteiger partial charge >= 0.3 is 0 Å². The van der Waals surface area contributed by atoms with Crippen LogP contribution in [0.5, 0.6) is 0 Å². The monoisotopic (exact) mass is 371 g/mol. The van der Waals surface area contributed by atoms with Crippen molar-refractivity contribution in [3.63, 3.8) is 0 Å². The Balaban J connectivity index is 1.61. The Morgan fingerprint density at radius 3 is 2.73 bits per heavy atom. The molecule has 0 radical (unpaired) electrons. The molecule has 0 spiro atoms. The minimum Gasteiger partial charge on any atom is -0.344 e. The number of carbonyl (C=O) groups excluding carboxylic acids is 1. The van der Waals surface area contributed by atoms with Crippen LogP contribution in [-0.2, 0) is 17.8 Å². The van der Waals surface area contributed by atoms with Gasteiger partial charge < -0.3 is 9.88 Å². The van der Waals surface area contributed by atoms with Gasteiger partial charge in [-0.05, 0) is 30.7 Å². The Labute approximate surface area is 158 Å². The molecule has 2 aromatic rings. The number of H-pyrrole nitrogens is 1. The number of unbranched alkanes of at least 4 members (excludes halogenated alkanes) is 1. The lowest BCUT2D eigenvalue weighted by atomic mass is 10.2. The van der Waals surface area contributed by atoms with Crippen LogP contribution in [0.3, 0.4) is 0 Å². The Morgan fingerprint density at radius 2 is 2.08 bits per heavy atom. The summed E-state index contributed by atoms with van der Waals surface area (Å²) in [4.78, 5) is 24.0.